The van der Waals surface area contributed by atoms with Crippen molar-refractivity contribution in [1.82, 2.24) is 19.4 Å². The highest BCUT2D eigenvalue weighted by molar-refractivity contribution is 7.22. The van der Waals surface area contributed by atoms with E-state index in [4.69, 9.17) is 4.98 Å². The van der Waals surface area contributed by atoms with Gasteiger partial charge in [0.05, 0.1) is 10.2 Å². The minimum Gasteiger partial charge on any atom is -0.345 e. The van der Waals surface area contributed by atoms with Crippen LogP contribution in [0.15, 0.2) is 36.7 Å². The van der Waals surface area contributed by atoms with Gasteiger partial charge >= 0.3 is 0 Å². The number of rotatable bonds is 5. The molecule has 7 heteroatoms. The Morgan fingerprint density at radius 2 is 2.00 bits per heavy atom. The van der Waals surface area contributed by atoms with Crippen molar-refractivity contribution >= 4 is 32.6 Å². The molecule has 0 N–H and O–H groups in total. The minimum atomic E-state index is 0.256. The number of imidazole rings is 1. The fourth-order valence-corrected chi connectivity index (χ4v) is 4.36. The molecular weight excluding hydrogens is 346 g/mol. The maximum atomic E-state index is 12.5. The van der Waals surface area contributed by atoms with Crippen LogP contribution in [0.1, 0.15) is 18.7 Å². The van der Waals surface area contributed by atoms with E-state index in [9.17, 15) is 4.79 Å². The molecule has 26 heavy (non-hydrogen) atoms. The van der Waals surface area contributed by atoms with Crippen LogP contribution in [-0.4, -0.2) is 51.5 Å². The third-order valence-electron chi connectivity index (χ3n) is 4.90. The second-order valence-electron chi connectivity index (χ2n) is 6.60. The lowest BCUT2D eigenvalue weighted by molar-refractivity contribution is -0.131. The molecule has 3 aromatic rings. The lowest BCUT2D eigenvalue weighted by Crippen LogP contribution is -2.48. The van der Waals surface area contributed by atoms with E-state index in [1.807, 2.05) is 30.2 Å². The first kappa shape index (κ1) is 17.0. The Labute approximate surface area is 157 Å². The van der Waals surface area contributed by atoms with Crippen molar-refractivity contribution in [2.75, 3.05) is 31.1 Å². The molecule has 4 rings (SSSR count). The van der Waals surface area contributed by atoms with Crippen LogP contribution in [0.2, 0.25) is 0 Å². The number of para-hydroxylation sites is 1. The Morgan fingerprint density at radius 3 is 2.73 bits per heavy atom. The third-order valence-corrected chi connectivity index (χ3v) is 6.00. The van der Waals surface area contributed by atoms with Gasteiger partial charge in [-0.25, -0.2) is 9.97 Å². The molecule has 2 aromatic heterocycles. The van der Waals surface area contributed by atoms with E-state index in [0.29, 0.717) is 6.42 Å². The van der Waals surface area contributed by atoms with E-state index < -0.39 is 0 Å². The normalized spacial score (nSPS) is 15.0. The SMILES string of the molecule is Cc1nccn1CCCC(=O)N1CCN(c2nc3ccccc3s2)CC1. The number of fused-ring (bicyclic) bond motifs is 1. The quantitative estimate of drug-likeness (QED) is 0.694. The molecular formula is C19H23N5OS. The van der Waals surface area contributed by atoms with Gasteiger partial charge in [0.25, 0.3) is 0 Å². The van der Waals surface area contributed by atoms with Crippen molar-refractivity contribution in [2.24, 2.45) is 0 Å². The molecule has 0 bridgehead atoms. The fourth-order valence-electron chi connectivity index (χ4n) is 3.34. The van der Waals surface area contributed by atoms with Crippen LogP contribution in [-0.2, 0) is 11.3 Å². The smallest absolute Gasteiger partial charge is 0.222 e. The van der Waals surface area contributed by atoms with Gasteiger partial charge in [0.2, 0.25) is 5.91 Å². The first-order valence-electron chi connectivity index (χ1n) is 9.07. The predicted molar refractivity (Wildman–Crippen MR) is 105 cm³/mol. The molecule has 1 fully saturated rings. The zero-order chi connectivity index (χ0) is 17.9. The zero-order valence-corrected chi connectivity index (χ0v) is 15.8. The highest BCUT2D eigenvalue weighted by Crippen LogP contribution is 2.29. The fraction of sp³-hybridized carbons (Fsp3) is 0.421. The van der Waals surface area contributed by atoms with Gasteiger partial charge in [0.15, 0.2) is 5.13 Å². The molecule has 0 saturated carbocycles. The Bertz CT molecular complexity index is 861. The van der Waals surface area contributed by atoms with Gasteiger partial charge in [-0.1, -0.05) is 23.5 Å². The third kappa shape index (κ3) is 3.58. The molecule has 136 valence electrons. The molecule has 1 amide bonds. The number of hydrogen-bond acceptors (Lipinski definition) is 5. The van der Waals surface area contributed by atoms with Gasteiger partial charge < -0.3 is 14.4 Å². The van der Waals surface area contributed by atoms with Gasteiger partial charge in [-0.3, -0.25) is 4.79 Å². The largest absolute Gasteiger partial charge is 0.345 e. The Hall–Kier alpha value is -2.41. The summed E-state index contributed by atoms with van der Waals surface area (Å²) in [4.78, 5) is 25.7. The van der Waals surface area contributed by atoms with Crippen LogP contribution in [0, 0.1) is 6.92 Å². The number of carbonyl (C=O) groups excluding carboxylic acids is 1. The number of thiazole rings is 1. The lowest BCUT2D eigenvalue weighted by Gasteiger charge is -2.34. The summed E-state index contributed by atoms with van der Waals surface area (Å²) in [6.07, 6.45) is 5.22. The van der Waals surface area contributed by atoms with Crippen LogP contribution in [0.25, 0.3) is 10.2 Å². The first-order chi connectivity index (χ1) is 12.7. The van der Waals surface area contributed by atoms with E-state index in [2.05, 4.69) is 26.6 Å². The van der Waals surface area contributed by atoms with Crippen molar-refractivity contribution in [2.45, 2.75) is 26.3 Å². The van der Waals surface area contributed by atoms with Crippen LogP contribution < -0.4 is 4.90 Å². The molecule has 0 unspecified atom stereocenters. The summed E-state index contributed by atoms with van der Waals surface area (Å²) in [5, 5.41) is 1.06. The minimum absolute atomic E-state index is 0.256. The van der Waals surface area contributed by atoms with E-state index in [-0.39, 0.29) is 5.91 Å². The highest BCUT2D eigenvalue weighted by atomic mass is 32.1. The van der Waals surface area contributed by atoms with E-state index >= 15 is 0 Å². The van der Waals surface area contributed by atoms with Crippen molar-refractivity contribution < 1.29 is 4.79 Å². The molecule has 1 saturated heterocycles. The number of amides is 1. The summed E-state index contributed by atoms with van der Waals surface area (Å²) in [7, 11) is 0. The summed E-state index contributed by atoms with van der Waals surface area (Å²) in [6.45, 7) is 6.10. The molecule has 0 radical (unpaired) electrons. The van der Waals surface area contributed by atoms with Crippen LogP contribution >= 0.6 is 11.3 Å². The summed E-state index contributed by atoms with van der Waals surface area (Å²) < 4.78 is 3.31. The average Bonchev–Trinajstić information content (AvgIpc) is 3.28. The number of benzene rings is 1. The van der Waals surface area contributed by atoms with Crippen molar-refractivity contribution in [3.05, 3.63) is 42.5 Å². The van der Waals surface area contributed by atoms with E-state index in [0.717, 1.165) is 55.6 Å². The number of carbonyl (C=O) groups is 1. The molecule has 1 aliphatic heterocycles. The van der Waals surface area contributed by atoms with Crippen molar-refractivity contribution in [1.29, 1.82) is 0 Å². The molecule has 0 atom stereocenters. The van der Waals surface area contributed by atoms with Crippen molar-refractivity contribution in [3.8, 4) is 0 Å². The van der Waals surface area contributed by atoms with Gasteiger partial charge in [0, 0.05) is 51.5 Å². The second-order valence-corrected chi connectivity index (χ2v) is 7.61. The molecule has 1 aromatic carbocycles. The predicted octanol–water partition coefficient (Wildman–Crippen LogP) is 2.93. The van der Waals surface area contributed by atoms with Crippen LogP contribution in [0.5, 0.6) is 0 Å². The van der Waals surface area contributed by atoms with Crippen LogP contribution in [0.4, 0.5) is 5.13 Å². The number of aromatic nitrogens is 3. The molecule has 6 nitrogen and oxygen atoms in total. The van der Waals surface area contributed by atoms with Crippen molar-refractivity contribution in [3.63, 3.8) is 0 Å². The Balaban J connectivity index is 1.27. The number of aryl methyl sites for hydroxylation is 2. The Morgan fingerprint density at radius 1 is 1.19 bits per heavy atom. The topological polar surface area (TPSA) is 54.3 Å². The highest BCUT2D eigenvalue weighted by Gasteiger charge is 2.22. The molecule has 3 heterocycles. The van der Waals surface area contributed by atoms with Gasteiger partial charge in [-0.15, -0.1) is 0 Å². The average molecular weight is 369 g/mol. The number of piperazine rings is 1. The summed E-state index contributed by atoms with van der Waals surface area (Å²) in [5.74, 6) is 1.26. The standard InChI is InChI=1S/C19H23N5OS/c1-15-20-8-10-22(15)9-4-7-18(25)23-11-13-24(14-12-23)19-21-16-5-2-3-6-17(16)26-19/h2-3,5-6,8,10H,4,7,9,11-14H2,1H3. The molecule has 1 aliphatic rings. The van der Waals surface area contributed by atoms with E-state index in [1.165, 1.54) is 4.70 Å². The van der Waals surface area contributed by atoms with Gasteiger partial charge in [0.1, 0.15) is 5.82 Å². The zero-order valence-electron chi connectivity index (χ0n) is 15.0. The maximum absolute atomic E-state index is 12.5. The monoisotopic (exact) mass is 369 g/mol. The Kier molecular flexibility index (Phi) is 4.88. The number of hydrogen-bond donors (Lipinski definition) is 0. The second kappa shape index (κ2) is 7.45. The summed E-state index contributed by atoms with van der Waals surface area (Å²) in [5.41, 5.74) is 1.06. The number of anilines is 1. The number of nitrogens with zero attached hydrogens (tertiary/aromatic N) is 5. The van der Waals surface area contributed by atoms with Crippen LogP contribution in [0.3, 0.4) is 0 Å². The first-order valence-corrected chi connectivity index (χ1v) is 9.88. The van der Waals surface area contributed by atoms with E-state index in [1.54, 1.807) is 17.5 Å². The molecule has 0 spiro atoms. The maximum Gasteiger partial charge on any atom is 0.222 e. The summed E-state index contributed by atoms with van der Waals surface area (Å²) >= 11 is 1.73. The van der Waals surface area contributed by atoms with Gasteiger partial charge in [-0.2, -0.15) is 0 Å². The van der Waals surface area contributed by atoms with Gasteiger partial charge in [-0.05, 0) is 25.5 Å². The molecule has 0 aliphatic carbocycles. The summed E-state index contributed by atoms with van der Waals surface area (Å²) in [6, 6.07) is 8.23. The lowest BCUT2D eigenvalue weighted by atomic mass is 10.2.